The van der Waals surface area contributed by atoms with Crippen LogP contribution in [0.15, 0.2) is 24.3 Å². The normalized spacial score (nSPS) is 22.7. The molecule has 1 aromatic rings. The first kappa shape index (κ1) is 15.8. The summed E-state index contributed by atoms with van der Waals surface area (Å²) in [6.45, 7) is 6.30. The number of anilines is 1. The molecular weight excluding hydrogens is 260 g/mol. The monoisotopic (exact) mass is 282 g/mol. The Kier molecular flexibility index (Phi) is 5.67. The van der Waals surface area contributed by atoms with Crippen LogP contribution in [-0.2, 0) is 11.2 Å². The van der Waals surface area contributed by atoms with Gasteiger partial charge in [0.2, 0.25) is 5.91 Å². The van der Waals surface area contributed by atoms with Crippen molar-refractivity contribution in [1.29, 1.82) is 0 Å². The topological polar surface area (TPSA) is 46.3 Å². The standard InChI is InChI=1S/C15H22N2O.ClH/c1-11-7-8-17(10-12(11)2)15(18)9-13-3-5-14(16)6-4-13;/h3-6,11-12H,7-10,16H2,1-2H3;1H. The van der Waals surface area contributed by atoms with Crippen molar-refractivity contribution in [3.05, 3.63) is 29.8 Å². The molecule has 19 heavy (non-hydrogen) atoms. The van der Waals surface area contributed by atoms with Gasteiger partial charge < -0.3 is 10.6 Å². The van der Waals surface area contributed by atoms with E-state index in [-0.39, 0.29) is 18.3 Å². The van der Waals surface area contributed by atoms with Gasteiger partial charge in [-0.3, -0.25) is 4.79 Å². The third-order valence-electron chi connectivity index (χ3n) is 4.02. The predicted octanol–water partition coefficient (Wildman–Crippen LogP) is 2.74. The van der Waals surface area contributed by atoms with E-state index in [0.717, 1.165) is 36.7 Å². The molecule has 0 spiro atoms. The minimum absolute atomic E-state index is 0. The zero-order valence-corrected chi connectivity index (χ0v) is 12.5. The number of nitrogen functional groups attached to an aromatic ring is 1. The Morgan fingerprint density at radius 3 is 2.47 bits per heavy atom. The lowest BCUT2D eigenvalue weighted by Gasteiger charge is -2.35. The summed E-state index contributed by atoms with van der Waals surface area (Å²) < 4.78 is 0. The number of carbonyl (C=O) groups is 1. The van der Waals surface area contributed by atoms with E-state index in [1.807, 2.05) is 29.2 Å². The number of nitrogens with zero attached hydrogens (tertiary/aromatic N) is 1. The average Bonchev–Trinajstić information content (AvgIpc) is 2.35. The molecule has 106 valence electrons. The van der Waals surface area contributed by atoms with Crippen LogP contribution in [0.4, 0.5) is 5.69 Å². The summed E-state index contributed by atoms with van der Waals surface area (Å²) in [7, 11) is 0. The summed E-state index contributed by atoms with van der Waals surface area (Å²) in [6.07, 6.45) is 1.61. The Bertz CT molecular complexity index is 419. The van der Waals surface area contributed by atoms with E-state index in [2.05, 4.69) is 13.8 Å². The molecule has 1 heterocycles. The number of nitrogens with two attached hydrogens (primary N) is 1. The predicted molar refractivity (Wildman–Crippen MR) is 81.3 cm³/mol. The van der Waals surface area contributed by atoms with Crippen molar-refractivity contribution in [2.75, 3.05) is 18.8 Å². The van der Waals surface area contributed by atoms with Crippen molar-refractivity contribution in [2.45, 2.75) is 26.7 Å². The van der Waals surface area contributed by atoms with Crippen LogP contribution in [0.1, 0.15) is 25.8 Å². The molecule has 0 saturated carbocycles. The van der Waals surface area contributed by atoms with Gasteiger partial charge in [0, 0.05) is 18.8 Å². The number of rotatable bonds is 2. The van der Waals surface area contributed by atoms with Crippen LogP contribution in [-0.4, -0.2) is 23.9 Å². The number of carbonyl (C=O) groups excluding carboxylic acids is 1. The summed E-state index contributed by atoms with van der Waals surface area (Å²) in [4.78, 5) is 14.2. The highest BCUT2D eigenvalue weighted by Gasteiger charge is 2.25. The van der Waals surface area contributed by atoms with E-state index >= 15 is 0 Å². The Morgan fingerprint density at radius 1 is 1.26 bits per heavy atom. The molecule has 4 heteroatoms. The highest BCUT2D eigenvalue weighted by atomic mass is 35.5. The van der Waals surface area contributed by atoms with Gasteiger partial charge in [-0.25, -0.2) is 0 Å². The molecule has 0 aromatic heterocycles. The number of hydrogen-bond donors (Lipinski definition) is 1. The van der Waals surface area contributed by atoms with Gasteiger partial charge in [0.15, 0.2) is 0 Å². The van der Waals surface area contributed by atoms with Crippen LogP contribution >= 0.6 is 12.4 Å². The Labute approximate surface area is 121 Å². The van der Waals surface area contributed by atoms with Crippen LogP contribution in [0.25, 0.3) is 0 Å². The second-order valence-corrected chi connectivity index (χ2v) is 5.50. The molecule has 2 unspecified atom stereocenters. The SMILES string of the molecule is CC1CCN(C(=O)Cc2ccc(N)cc2)CC1C.Cl. The summed E-state index contributed by atoms with van der Waals surface area (Å²) in [5.74, 6) is 1.57. The minimum Gasteiger partial charge on any atom is -0.399 e. The van der Waals surface area contributed by atoms with Gasteiger partial charge in [-0.1, -0.05) is 26.0 Å². The van der Waals surface area contributed by atoms with E-state index < -0.39 is 0 Å². The number of halogens is 1. The van der Waals surface area contributed by atoms with Gasteiger partial charge in [0.25, 0.3) is 0 Å². The fraction of sp³-hybridized carbons (Fsp3) is 0.533. The highest BCUT2D eigenvalue weighted by molar-refractivity contribution is 5.85. The Balaban J connectivity index is 0.00000180. The van der Waals surface area contributed by atoms with Gasteiger partial charge in [-0.15, -0.1) is 12.4 Å². The molecule has 0 bridgehead atoms. The van der Waals surface area contributed by atoms with Gasteiger partial charge >= 0.3 is 0 Å². The maximum Gasteiger partial charge on any atom is 0.226 e. The van der Waals surface area contributed by atoms with Crippen LogP contribution in [0.3, 0.4) is 0 Å². The minimum atomic E-state index is 0. The highest BCUT2D eigenvalue weighted by Crippen LogP contribution is 2.23. The van der Waals surface area contributed by atoms with Crippen molar-refractivity contribution < 1.29 is 4.79 Å². The maximum absolute atomic E-state index is 12.2. The number of piperidine rings is 1. The molecule has 2 rings (SSSR count). The van der Waals surface area contributed by atoms with E-state index in [1.54, 1.807) is 0 Å². The van der Waals surface area contributed by atoms with Gasteiger partial charge in [-0.2, -0.15) is 0 Å². The van der Waals surface area contributed by atoms with Gasteiger partial charge in [-0.05, 0) is 36.0 Å². The summed E-state index contributed by atoms with van der Waals surface area (Å²) in [5.41, 5.74) is 7.42. The summed E-state index contributed by atoms with van der Waals surface area (Å²) in [5, 5.41) is 0. The largest absolute Gasteiger partial charge is 0.399 e. The number of amides is 1. The van der Waals surface area contributed by atoms with E-state index in [1.165, 1.54) is 0 Å². The lowest BCUT2D eigenvalue weighted by molar-refractivity contribution is -0.132. The molecule has 2 atom stereocenters. The third-order valence-corrected chi connectivity index (χ3v) is 4.02. The lowest BCUT2D eigenvalue weighted by atomic mass is 9.88. The molecule has 1 amide bonds. The van der Waals surface area contributed by atoms with Gasteiger partial charge in [0.05, 0.1) is 6.42 Å². The van der Waals surface area contributed by atoms with E-state index in [0.29, 0.717) is 12.3 Å². The third kappa shape index (κ3) is 4.13. The van der Waals surface area contributed by atoms with Crippen molar-refractivity contribution in [1.82, 2.24) is 4.90 Å². The molecule has 2 N–H and O–H groups in total. The molecule has 1 aliphatic heterocycles. The first-order chi connectivity index (χ1) is 8.56. The van der Waals surface area contributed by atoms with E-state index in [9.17, 15) is 4.79 Å². The maximum atomic E-state index is 12.2. The Morgan fingerprint density at radius 2 is 1.89 bits per heavy atom. The molecule has 1 fully saturated rings. The molecule has 3 nitrogen and oxygen atoms in total. The van der Waals surface area contributed by atoms with Crippen LogP contribution in [0.5, 0.6) is 0 Å². The summed E-state index contributed by atoms with van der Waals surface area (Å²) >= 11 is 0. The number of hydrogen-bond acceptors (Lipinski definition) is 2. The second kappa shape index (κ2) is 6.80. The second-order valence-electron chi connectivity index (χ2n) is 5.50. The zero-order chi connectivity index (χ0) is 13.1. The Hall–Kier alpha value is -1.22. The fourth-order valence-corrected chi connectivity index (χ4v) is 2.41. The van der Waals surface area contributed by atoms with Crippen LogP contribution in [0, 0.1) is 11.8 Å². The average molecular weight is 283 g/mol. The van der Waals surface area contributed by atoms with Crippen LogP contribution in [0.2, 0.25) is 0 Å². The molecule has 0 aliphatic carbocycles. The fourth-order valence-electron chi connectivity index (χ4n) is 2.41. The van der Waals surface area contributed by atoms with Crippen LogP contribution < -0.4 is 5.73 Å². The molecule has 1 saturated heterocycles. The van der Waals surface area contributed by atoms with Crippen molar-refractivity contribution in [3.63, 3.8) is 0 Å². The molecular formula is C15H23ClN2O. The number of likely N-dealkylation sites (tertiary alicyclic amines) is 1. The van der Waals surface area contributed by atoms with E-state index in [4.69, 9.17) is 5.73 Å². The van der Waals surface area contributed by atoms with Gasteiger partial charge in [0.1, 0.15) is 0 Å². The van der Waals surface area contributed by atoms with Crippen molar-refractivity contribution in [3.8, 4) is 0 Å². The molecule has 1 aromatic carbocycles. The molecule has 0 radical (unpaired) electrons. The number of benzene rings is 1. The van der Waals surface area contributed by atoms with Crippen molar-refractivity contribution >= 4 is 24.0 Å². The zero-order valence-electron chi connectivity index (χ0n) is 11.6. The lowest BCUT2D eigenvalue weighted by Crippen LogP contribution is -2.42. The smallest absolute Gasteiger partial charge is 0.226 e. The quantitative estimate of drug-likeness (QED) is 0.848. The molecule has 1 aliphatic rings. The summed E-state index contributed by atoms with van der Waals surface area (Å²) in [6, 6.07) is 7.57. The van der Waals surface area contributed by atoms with Crippen molar-refractivity contribution in [2.24, 2.45) is 11.8 Å². The first-order valence-corrected chi connectivity index (χ1v) is 6.68. The first-order valence-electron chi connectivity index (χ1n) is 6.68.